The minimum Gasteiger partial charge on any atom is -0.507 e. The fraction of sp³-hybridized carbons (Fsp3) is 0.500. The van der Waals surface area contributed by atoms with E-state index in [2.05, 4.69) is 11.8 Å². The van der Waals surface area contributed by atoms with Crippen LogP contribution in [0.1, 0.15) is 150 Å². The van der Waals surface area contributed by atoms with Crippen LogP contribution < -0.4 is 10.3 Å². The zero-order valence-corrected chi connectivity index (χ0v) is 48.9. The van der Waals surface area contributed by atoms with Crippen molar-refractivity contribution in [1.82, 2.24) is 24.3 Å². The highest BCUT2D eigenvalue weighted by atomic mass is 32.2. The highest BCUT2D eigenvalue weighted by Gasteiger charge is 2.52. The maximum atomic E-state index is 13.6. The summed E-state index contributed by atoms with van der Waals surface area (Å²) in [6.45, 7) is 11.9. The van der Waals surface area contributed by atoms with Crippen LogP contribution in [-0.4, -0.2) is 164 Å². The number of benzene rings is 3. The number of ketones is 3. The molecule has 0 bridgehead atoms. The Balaban J connectivity index is 0.000000167. The van der Waals surface area contributed by atoms with Gasteiger partial charge in [-0.15, -0.1) is 0 Å². The molecule has 13 rings (SSSR count). The van der Waals surface area contributed by atoms with E-state index in [4.69, 9.17) is 28.1 Å². The number of fused-ring (bicyclic) bond motifs is 8. The number of cyclic esters (lactones) is 1. The molecular weight excluding hydrogens is 1120 g/mol. The number of ether oxygens (including phenoxy) is 4. The van der Waals surface area contributed by atoms with E-state index in [1.54, 1.807) is 42.7 Å². The first-order valence-corrected chi connectivity index (χ1v) is 31.1. The van der Waals surface area contributed by atoms with Gasteiger partial charge >= 0.3 is 12.1 Å². The van der Waals surface area contributed by atoms with E-state index in [0.717, 1.165) is 54.2 Å². The molecule has 0 spiro atoms. The van der Waals surface area contributed by atoms with Crippen molar-refractivity contribution in [2.24, 2.45) is 0 Å². The van der Waals surface area contributed by atoms with Crippen molar-refractivity contribution < 1.29 is 75.9 Å². The monoisotopic (exact) mass is 1190 g/mol. The average molecular weight is 1190 g/mol. The predicted octanol–water partition coefficient (Wildman–Crippen LogP) is 5.45. The highest BCUT2D eigenvalue weighted by molar-refractivity contribution is 7.86. The number of pyridine rings is 2. The van der Waals surface area contributed by atoms with Gasteiger partial charge in [-0.1, -0.05) is 44.5 Å². The fourth-order valence-electron chi connectivity index (χ4n) is 13.9. The smallest absolute Gasteiger partial charge is 0.415 e. The van der Waals surface area contributed by atoms with E-state index < -0.39 is 92.7 Å². The third-order valence-electron chi connectivity index (χ3n) is 18.6. The zero-order valence-electron chi connectivity index (χ0n) is 48.1. The molecule has 7 atom stereocenters. The van der Waals surface area contributed by atoms with Crippen molar-refractivity contribution in [1.29, 1.82) is 0 Å². The Bertz CT molecular complexity index is 3810. The van der Waals surface area contributed by atoms with Gasteiger partial charge in [-0.25, -0.2) is 14.6 Å². The summed E-state index contributed by atoms with van der Waals surface area (Å²) in [5.74, 6) is -3.41. The number of aromatic hydroxyl groups is 2. The van der Waals surface area contributed by atoms with Gasteiger partial charge < -0.3 is 53.7 Å². The van der Waals surface area contributed by atoms with Gasteiger partial charge in [0, 0.05) is 96.3 Å². The molecule has 4 saturated heterocycles. The van der Waals surface area contributed by atoms with Crippen molar-refractivity contribution in [2.45, 2.75) is 153 Å². The number of esters is 1. The van der Waals surface area contributed by atoms with E-state index in [0.29, 0.717) is 60.4 Å². The Labute approximate surface area is 490 Å². The first-order valence-electron chi connectivity index (χ1n) is 29.3. The van der Waals surface area contributed by atoms with Crippen LogP contribution in [0.25, 0.3) is 22.3 Å². The van der Waals surface area contributed by atoms with Crippen molar-refractivity contribution in [3.8, 4) is 28.6 Å². The van der Waals surface area contributed by atoms with E-state index in [-0.39, 0.29) is 71.4 Å². The molecule has 23 heteroatoms. The number of nitrogens with zero attached hydrogens (tertiary/aromatic N) is 5. The highest BCUT2D eigenvalue weighted by Crippen LogP contribution is 2.52. The molecule has 2 aliphatic carbocycles. The van der Waals surface area contributed by atoms with Crippen LogP contribution >= 0.6 is 0 Å². The van der Waals surface area contributed by atoms with Gasteiger partial charge in [0.2, 0.25) is 0 Å². The lowest BCUT2D eigenvalue weighted by Gasteiger charge is -2.43. The zero-order chi connectivity index (χ0) is 60.2. The summed E-state index contributed by atoms with van der Waals surface area (Å²) >= 11 is 0. The molecule has 4 N–H and O–H groups in total. The quantitative estimate of drug-likeness (QED) is 0.0573. The van der Waals surface area contributed by atoms with Gasteiger partial charge in [0.05, 0.1) is 58.6 Å². The van der Waals surface area contributed by atoms with E-state index >= 15 is 0 Å². The fourth-order valence-corrected chi connectivity index (χ4v) is 14.6. The molecule has 2 aromatic heterocycles. The van der Waals surface area contributed by atoms with Crippen LogP contribution in [0.3, 0.4) is 0 Å². The maximum absolute atomic E-state index is 13.6. The molecule has 0 saturated carbocycles. The Morgan fingerprint density at radius 2 is 1.53 bits per heavy atom. The van der Waals surface area contributed by atoms with Crippen LogP contribution in [0, 0.1) is 0 Å². The van der Waals surface area contributed by atoms with E-state index in [9.17, 15) is 57.6 Å². The number of aryl methyl sites for hydroxylation is 1. The Morgan fingerprint density at radius 1 is 0.847 bits per heavy atom. The SMILES string of the molecule is CC(=O)[C@]1(O)Cc2c(O)c3c(c(O)c2[C@@H](O[C@H]2C[C@H](N4CC4)[C@H](OS(C)(=O)=O)[C@H](C)O2)C1)C(=O)c1ccccc1C3=O.CCc1c2c(nc3ccc(OC(=O)N4CCC(N5CCCCC5)CC4)cc13)-c1cc3c(c(=O)n1C2)COC(=O)[C@]3(O)CC. The number of amides is 1. The van der Waals surface area contributed by atoms with E-state index in [1.807, 2.05) is 21.9 Å². The van der Waals surface area contributed by atoms with Crippen LogP contribution in [-0.2, 0) is 69.7 Å². The molecule has 0 radical (unpaired) electrons. The molecule has 1 amide bonds. The molecule has 8 aliphatic rings. The second-order valence-electron chi connectivity index (χ2n) is 23.7. The number of hydrogen-bond acceptors (Lipinski definition) is 20. The van der Waals surface area contributed by atoms with Gasteiger partial charge in [-0.3, -0.25) is 28.3 Å². The minimum absolute atomic E-state index is 0.0215. The second kappa shape index (κ2) is 22.1. The molecule has 450 valence electrons. The summed E-state index contributed by atoms with van der Waals surface area (Å²) in [6, 6.07) is 13.4. The van der Waals surface area contributed by atoms with Gasteiger partial charge in [0.1, 0.15) is 35.6 Å². The molecule has 5 aromatic rings. The number of carbonyl (C=O) groups is 5. The molecule has 22 nitrogen and oxygen atoms in total. The maximum Gasteiger partial charge on any atom is 0.415 e. The molecule has 3 aromatic carbocycles. The Hall–Kier alpha value is -6.96. The van der Waals surface area contributed by atoms with Crippen molar-refractivity contribution in [3.63, 3.8) is 0 Å². The number of piperidine rings is 2. The number of rotatable bonds is 10. The van der Waals surface area contributed by atoms with Crippen molar-refractivity contribution in [3.05, 3.63) is 115 Å². The number of hydrogen-bond donors (Lipinski definition) is 4. The summed E-state index contributed by atoms with van der Waals surface area (Å²) < 4.78 is 54.2. The van der Waals surface area contributed by atoms with Crippen LogP contribution in [0.5, 0.6) is 17.2 Å². The number of Topliss-reactive ketones (excluding diaryl/α,β-unsaturated/α-hetero) is 1. The van der Waals surface area contributed by atoms with Crippen LogP contribution in [0.15, 0.2) is 53.3 Å². The Kier molecular flexibility index (Phi) is 15.2. The van der Waals surface area contributed by atoms with E-state index in [1.165, 1.54) is 51.4 Å². The summed E-state index contributed by atoms with van der Waals surface area (Å²) in [5.41, 5.74) is -0.373. The summed E-state index contributed by atoms with van der Waals surface area (Å²) in [7, 11) is -3.79. The molecular formula is C62H69N5O17S. The third-order valence-corrected chi connectivity index (χ3v) is 19.2. The largest absolute Gasteiger partial charge is 0.507 e. The number of likely N-dealkylation sites (tertiary alicyclic amines) is 2. The number of aromatic nitrogens is 2. The second-order valence-corrected chi connectivity index (χ2v) is 25.3. The Morgan fingerprint density at radius 3 is 2.16 bits per heavy atom. The topological polar surface area (TPSA) is 291 Å². The van der Waals surface area contributed by atoms with Crippen molar-refractivity contribution in [2.75, 3.05) is 45.5 Å². The number of phenolic OH excluding ortho intramolecular Hbond substituents is 2. The van der Waals surface area contributed by atoms with Gasteiger partial charge in [0.25, 0.3) is 15.7 Å². The molecule has 4 fully saturated rings. The summed E-state index contributed by atoms with van der Waals surface area (Å²) in [5, 5.41) is 46.3. The standard InChI is InChI=1S/C33H38N4O6.C29H31NO11S/c1-3-22-23-16-21(43-32(40)36-14-10-20(11-15-36)35-12-6-5-7-13-35)8-9-27(23)34-29-24(22)18-37-28(29)17-26-25(30(37)38)19-42-31(39)33(26,41)4-2;1-13-28(41-42(3,37)38)18(30-8-9-30)10-20(39-13)40-19-12-29(36,14(2)31)11-17-21(19)27(35)23-22(26(17)34)24(32)15-6-4-5-7-16(15)25(23)33/h8-9,16-17,20,41H,3-7,10-15,18-19H2,1-2H3;4-7,13,18-20,28,34-36H,8-12H2,1-3H3/t33-;13-,18-,19-,20-,28+,29-/m00/s1. The minimum atomic E-state index is -3.79. The summed E-state index contributed by atoms with van der Waals surface area (Å²) in [4.78, 5) is 90.1. The summed E-state index contributed by atoms with van der Waals surface area (Å²) in [6.07, 6.45) is 2.87. The first kappa shape index (κ1) is 58.4. The first-order chi connectivity index (χ1) is 40.5. The number of phenols is 2. The van der Waals surface area contributed by atoms with Crippen molar-refractivity contribution >= 4 is 50.4 Å². The molecule has 0 unspecified atom stereocenters. The predicted molar refractivity (Wildman–Crippen MR) is 305 cm³/mol. The van der Waals surface area contributed by atoms with Gasteiger partial charge in [0.15, 0.2) is 29.2 Å². The normalized spacial score (nSPS) is 26.5. The number of aliphatic hydroxyl groups is 2. The lowest BCUT2D eigenvalue weighted by molar-refractivity contribution is -0.250. The third kappa shape index (κ3) is 10.3. The number of carbonyl (C=O) groups excluding carboxylic acids is 5. The van der Waals surface area contributed by atoms with Crippen LogP contribution in [0.4, 0.5) is 4.79 Å². The van der Waals surface area contributed by atoms with Gasteiger partial charge in [-0.05, 0) is 95.3 Å². The molecule has 6 aliphatic heterocycles. The van der Waals surface area contributed by atoms with Crippen LogP contribution in [0.2, 0.25) is 0 Å². The lowest BCUT2D eigenvalue weighted by Crippen LogP contribution is -2.53. The molecule has 8 heterocycles. The lowest BCUT2D eigenvalue weighted by atomic mass is 9.72. The average Bonchev–Trinajstić information content (AvgIpc) is 1.79. The van der Waals surface area contributed by atoms with Gasteiger partial charge in [-0.2, -0.15) is 8.42 Å². The molecule has 85 heavy (non-hydrogen) atoms.